The number of hydrogen-bond acceptors (Lipinski definition) is 0. The third-order valence-corrected chi connectivity index (χ3v) is 2.52. The molecule has 1 rings (SSSR count). The summed E-state index contributed by atoms with van der Waals surface area (Å²) in [4.78, 5) is 0. The molecule has 0 aromatic heterocycles. The van der Waals surface area contributed by atoms with Crippen molar-refractivity contribution >= 4 is 0 Å². The summed E-state index contributed by atoms with van der Waals surface area (Å²) in [5.41, 5.74) is 0. The Morgan fingerprint density at radius 3 is 2.09 bits per heavy atom. The van der Waals surface area contributed by atoms with Gasteiger partial charge in [-0.1, -0.05) is 13.8 Å². The van der Waals surface area contributed by atoms with Crippen LogP contribution in [0, 0.1) is 11.8 Å². The number of rotatable bonds is 0. The van der Waals surface area contributed by atoms with E-state index in [1.165, 1.54) is 6.92 Å². The van der Waals surface area contributed by atoms with Crippen LogP contribution in [-0.2, 0) is 0 Å². The maximum Gasteiger partial charge on any atom is 0.137 e. The summed E-state index contributed by atoms with van der Waals surface area (Å²) in [6, 6.07) is 0. The normalized spacial score (nSPS) is 52.6. The van der Waals surface area contributed by atoms with Crippen molar-refractivity contribution in [2.45, 2.75) is 38.8 Å². The first-order chi connectivity index (χ1) is 5.04. The first-order valence-corrected chi connectivity index (χ1v) is 3.96. The van der Waals surface area contributed by atoms with Gasteiger partial charge in [0.15, 0.2) is 0 Å². The summed E-state index contributed by atoms with van der Waals surface area (Å²) in [7, 11) is 0. The second-order valence-corrected chi connectivity index (χ2v) is 3.48. The minimum Gasteiger partial charge on any atom is -0.247 e. The fourth-order valence-electron chi connectivity index (χ4n) is 1.50. The molecule has 0 aliphatic heterocycles. The van der Waals surface area contributed by atoms with Crippen molar-refractivity contribution < 1.29 is 13.2 Å². The van der Waals surface area contributed by atoms with Gasteiger partial charge < -0.3 is 0 Å². The topological polar surface area (TPSA) is 0 Å². The van der Waals surface area contributed by atoms with Crippen LogP contribution in [0.2, 0.25) is 0 Å². The molecular weight excluding hydrogens is 153 g/mol. The molecule has 0 aromatic rings. The fourth-order valence-corrected chi connectivity index (χ4v) is 1.50. The molecule has 0 bridgehead atoms. The summed E-state index contributed by atoms with van der Waals surface area (Å²) in [5, 5.41) is 0. The average molecular weight is 166 g/mol. The average Bonchev–Trinajstić information content (AvgIpc) is 1.97. The van der Waals surface area contributed by atoms with E-state index in [0.717, 1.165) is 0 Å². The molecule has 0 aromatic carbocycles. The van der Waals surface area contributed by atoms with E-state index in [4.69, 9.17) is 0 Å². The SMILES string of the molecule is C[C@@H]1C(F)C[C@H](C)C(F)C1F. The lowest BCUT2D eigenvalue weighted by molar-refractivity contribution is -0.0121. The molecule has 0 amide bonds. The highest BCUT2D eigenvalue weighted by molar-refractivity contribution is 4.89. The third kappa shape index (κ3) is 1.52. The highest BCUT2D eigenvalue weighted by Gasteiger charge is 2.41. The highest BCUT2D eigenvalue weighted by Crippen LogP contribution is 2.35. The molecule has 1 fully saturated rings. The minimum absolute atomic E-state index is 0.156. The van der Waals surface area contributed by atoms with Crippen LogP contribution < -0.4 is 0 Å². The van der Waals surface area contributed by atoms with Crippen molar-refractivity contribution in [3.63, 3.8) is 0 Å². The van der Waals surface area contributed by atoms with Gasteiger partial charge in [0.05, 0.1) is 0 Å². The van der Waals surface area contributed by atoms with Crippen LogP contribution in [0.4, 0.5) is 13.2 Å². The van der Waals surface area contributed by atoms with Gasteiger partial charge in [0.25, 0.3) is 0 Å². The van der Waals surface area contributed by atoms with Gasteiger partial charge in [-0.05, 0) is 12.3 Å². The molecule has 0 radical (unpaired) electrons. The quantitative estimate of drug-likeness (QED) is 0.519. The maximum atomic E-state index is 12.9. The van der Waals surface area contributed by atoms with Crippen LogP contribution >= 0.6 is 0 Å². The molecule has 0 N–H and O–H groups in total. The lowest BCUT2D eigenvalue weighted by Crippen LogP contribution is -2.41. The van der Waals surface area contributed by atoms with Crippen LogP contribution in [0.15, 0.2) is 0 Å². The molecule has 0 nitrogen and oxygen atoms in total. The lowest BCUT2D eigenvalue weighted by atomic mass is 9.80. The van der Waals surface area contributed by atoms with Crippen molar-refractivity contribution in [3.05, 3.63) is 0 Å². The Morgan fingerprint density at radius 2 is 1.55 bits per heavy atom. The van der Waals surface area contributed by atoms with E-state index < -0.39 is 30.4 Å². The van der Waals surface area contributed by atoms with Crippen molar-refractivity contribution in [2.24, 2.45) is 11.8 Å². The number of halogens is 3. The van der Waals surface area contributed by atoms with Crippen LogP contribution in [0.3, 0.4) is 0 Å². The standard InChI is InChI=1S/C8H13F3/c1-4-3-6(9)5(2)8(11)7(4)10/h4-8H,3H2,1-2H3/t4-,5+,6?,7?,8?/m0/s1. The third-order valence-electron chi connectivity index (χ3n) is 2.52. The molecule has 5 atom stereocenters. The monoisotopic (exact) mass is 166 g/mol. The Kier molecular flexibility index (Phi) is 2.45. The molecular formula is C8H13F3. The fraction of sp³-hybridized carbons (Fsp3) is 1.00. The summed E-state index contributed by atoms with van der Waals surface area (Å²) in [6.07, 6.45) is -4.11. The predicted molar refractivity (Wildman–Crippen MR) is 37.6 cm³/mol. The van der Waals surface area contributed by atoms with E-state index in [9.17, 15) is 13.2 Å². The van der Waals surface area contributed by atoms with Gasteiger partial charge in [0.2, 0.25) is 0 Å². The summed E-state index contributed by atoms with van der Waals surface area (Å²) in [5.74, 6) is -1.25. The minimum atomic E-state index is -1.62. The molecule has 1 aliphatic carbocycles. The van der Waals surface area contributed by atoms with E-state index in [0.29, 0.717) is 0 Å². The number of hydrogen-bond donors (Lipinski definition) is 0. The van der Waals surface area contributed by atoms with Crippen molar-refractivity contribution in [1.82, 2.24) is 0 Å². The van der Waals surface area contributed by atoms with E-state index in [2.05, 4.69) is 0 Å². The molecule has 1 saturated carbocycles. The van der Waals surface area contributed by atoms with Gasteiger partial charge >= 0.3 is 0 Å². The lowest BCUT2D eigenvalue weighted by Gasteiger charge is -2.33. The van der Waals surface area contributed by atoms with Crippen molar-refractivity contribution in [2.75, 3.05) is 0 Å². The second kappa shape index (κ2) is 3.03. The zero-order valence-corrected chi connectivity index (χ0v) is 6.73. The Bertz CT molecular complexity index is 123. The largest absolute Gasteiger partial charge is 0.247 e. The van der Waals surface area contributed by atoms with Gasteiger partial charge in [-0.2, -0.15) is 0 Å². The van der Waals surface area contributed by atoms with Crippen molar-refractivity contribution in [3.8, 4) is 0 Å². The molecule has 3 unspecified atom stereocenters. The molecule has 0 heterocycles. The smallest absolute Gasteiger partial charge is 0.137 e. The first kappa shape index (κ1) is 8.88. The Hall–Kier alpha value is -0.210. The van der Waals surface area contributed by atoms with E-state index in [1.807, 2.05) is 0 Å². The molecule has 11 heavy (non-hydrogen) atoms. The van der Waals surface area contributed by atoms with E-state index in [-0.39, 0.29) is 6.42 Å². The molecule has 3 heteroatoms. The van der Waals surface area contributed by atoms with E-state index >= 15 is 0 Å². The molecule has 66 valence electrons. The van der Waals surface area contributed by atoms with E-state index in [1.54, 1.807) is 6.92 Å². The van der Waals surface area contributed by atoms with Gasteiger partial charge in [0, 0.05) is 5.92 Å². The van der Waals surface area contributed by atoms with Crippen LogP contribution in [0.25, 0.3) is 0 Å². The zero-order chi connectivity index (χ0) is 8.59. The second-order valence-electron chi connectivity index (χ2n) is 3.48. The Labute approximate surface area is 64.8 Å². The first-order valence-electron chi connectivity index (χ1n) is 3.96. The van der Waals surface area contributed by atoms with Crippen LogP contribution in [0.5, 0.6) is 0 Å². The summed E-state index contributed by atoms with van der Waals surface area (Å²) < 4.78 is 38.6. The Morgan fingerprint density at radius 1 is 1.00 bits per heavy atom. The van der Waals surface area contributed by atoms with Gasteiger partial charge in [-0.25, -0.2) is 13.2 Å². The Balaban J connectivity index is 2.63. The molecule has 1 aliphatic rings. The van der Waals surface area contributed by atoms with Gasteiger partial charge in [0.1, 0.15) is 18.5 Å². The zero-order valence-electron chi connectivity index (χ0n) is 6.73. The molecule has 0 saturated heterocycles. The molecule has 0 spiro atoms. The summed E-state index contributed by atoms with van der Waals surface area (Å²) >= 11 is 0. The van der Waals surface area contributed by atoms with Gasteiger partial charge in [-0.15, -0.1) is 0 Å². The van der Waals surface area contributed by atoms with Crippen molar-refractivity contribution in [1.29, 1.82) is 0 Å². The highest BCUT2D eigenvalue weighted by atomic mass is 19.2. The predicted octanol–water partition coefficient (Wildman–Crippen LogP) is 2.68. The summed E-state index contributed by atoms with van der Waals surface area (Å²) in [6.45, 7) is 2.98. The van der Waals surface area contributed by atoms with Crippen LogP contribution in [-0.4, -0.2) is 18.5 Å². The van der Waals surface area contributed by atoms with Gasteiger partial charge in [-0.3, -0.25) is 0 Å². The maximum absolute atomic E-state index is 12.9. The van der Waals surface area contributed by atoms with Crippen LogP contribution in [0.1, 0.15) is 20.3 Å². The number of alkyl halides is 3.